The van der Waals surface area contributed by atoms with Gasteiger partial charge in [-0.15, -0.1) is 0 Å². The lowest BCUT2D eigenvalue weighted by atomic mass is 9.99. The molecule has 0 aromatic rings. The van der Waals surface area contributed by atoms with E-state index in [0.717, 1.165) is 0 Å². The van der Waals surface area contributed by atoms with Gasteiger partial charge in [0.15, 0.2) is 0 Å². The third kappa shape index (κ3) is 8.26. The van der Waals surface area contributed by atoms with Crippen LogP contribution in [0.3, 0.4) is 0 Å². The van der Waals surface area contributed by atoms with E-state index in [1.807, 2.05) is 0 Å². The summed E-state index contributed by atoms with van der Waals surface area (Å²) in [6.07, 6.45) is 1.23. The molecular formula is C14H23NO4S2. The highest BCUT2D eigenvalue weighted by Gasteiger charge is 2.29. The van der Waals surface area contributed by atoms with Gasteiger partial charge < -0.3 is 14.8 Å². The number of ether oxygens (including phenoxy) is 2. The van der Waals surface area contributed by atoms with Gasteiger partial charge in [-0.1, -0.05) is 32.5 Å². The number of esters is 1. The van der Waals surface area contributed by atoms with Crippen LogP contribution < -0.4 is 5.32 Å². The summed E-state index contributed by atoms with van der Waals surface area (Å²) in [5.41, 5.74) is 0.0396. The Hall–Kier alpha value is -0.820. The Morgan fingerprint density at radius 1 is 1.48 bits per heavy atom. The van der Waals surface area contributed by atoms with Gasteiger partial charge in [-0.2, -0.15) is 0 Å². The number of rotatable bonds is 6. The molecule has 1 rings (SSSR count). The van der Waals surface area contributed by atoms with E-state index in [1.165, 1.54) is 18.7 Å². The highest BCUT2D eigenvalue weighted by molar-refractivity contribution is 8.23. The fraction of sp³-hybridized carbons (Fsp3) is 0.786. The Bertz CT molecular complexity index is 398. The average Bonchev–Trinajstić information content (AvgIpc) is 2.30. The first-order chi connectivity index (χ1) is 9.65. The second-order valence-corrected chi connectivity index (χ2v) is 8.25. The van der Waals surface area contributed by atoms with Crippen molar-refractivity contribution in [2.24, 2.45) is 5.41 Å². The number of hydrogen-bond acceptors (Lipinski definition) is 6. The van der Waals surface area contributed by atoms with Crippen LogP contribution in [0.25, 0.3) is 0 Å². The summed E-state index contributed by atoms with van der Waals surface area (Å²) in [5, 5.41) is 2.81. The fourth-order valence-corrected chi connectivity index (χ4v) is 3.03. The summed E-state index contributed by atoms with van der Waals surface area (Å²) < 4.78 is 11.1. The van der Waals surface area contributed by atoms with Gasteiger partial charge in [0, 0.05) is 24.6 Å². The molecule has 1 N–H and O–H groups in total. The van der Waals surface area contributed by atoms with Crippen molar-refractivity contribution < 1.29 is 19.1 Å². The molecule has 0 bridgehead atoms. The molecule has 1 aliphatic rings. The van der Waals surface area contributed by atoms with E-state index in [9.17, 15) is 9.59 Å². The number of thiocarbonyl (C=S) groups is 1. The molecule has 0 saturated carbocycles. The molecule has 0 aliphatic carbocycles. The molecule has 2 atom stereocenters. The number of β-lactam (4-membered cyclic amide) rings is 1. The molecule has 21 heavy (non-hydrogen) atoms. The summed E-state index contributed by atoms with van der Waals surface area (Å²) in [7, 11) is 0. The Balaban J connectivity index is 2.41. The Kier molecular flexibility index (Phi) is 6.93. The van der Waals surface area contributed by atoms with Crippen LogP contribution in [0.2, 0.25) is 0 Å². The summed E-state index contributed by atoms with van der Waals surface area (Å²) in [5.74, 6) is -0.262. The molecule has 0 radical (unpaired) electrons. The zero-order valence-corrected chi connectivity index (χ0v) is 14.6. The van der Waals surface area contributed by atoms with Gasteiger partial charge >= 0.3 is 5.97 Å². The minimum atomic E-state index is -0.320. The van der Waals surface area contributed by atoms with Crippen molar-refractivity contribution in [2.75, 3.05) is 13.2 Å². The average molecular weight is 333 g/mol. The smallest absolute Gasteiger partial charge is 0.302 e. The highest BCUT2D eigenvalue weighted by Crippen LogP contribution is 2.24. The van der Waals surface area contributed by atoms with Crippen molar-refractivity contribution in [3.8, 4) is 0 Å². The van der Waals surface area contributed by atoms with Crippen LogP contribution in [0, 0.1) is 5.41 Å². The van der Waals surface area contributed by atoms with E-state index < -0.39 is 0 Å². The van der Waals surface area contributed by atoms with E-state index in [1.54, 1.807) is 0 Å². The normalized spacial score (nSPS) is 19.2. The first-order valence-electron chi connectivity index (χ1n) is 6.92. The van der Waals surface area contributed by atoms with Crippen molar-refractivity contribution in [1.82, 2.24) is 5.32 Å². The summed E-state index contributed by atoms with van der Waals surface area (Å²) in [4.78, 5) is 21.9. The zero-order chi connectivity index (χ0) is 16.0. The second kappa shape index (κ2) is 7.98. The Labute approximate surface area is 135 Å². The van der Waals surface area contributed by atoms with E-state index >= 15 is 0 Å². The van der Waals surface area contributed by atoms with Gasteiger partial charge in [0.25, 0.3) is 0 Å². The second-order valence-electron chi connectivity index (χ2n) is 6.35. The van der Waals surface area contributed by atoms with Crippen LogP contribution in [0.5, 0.6) is 0 Å². The fourth-order valence-electron chi connectivity index (χ4n) is 1.70. The first kappa shape index (κ1) is 18.2. The number of nitrogens with one attached hydrogen (secondary N) is 1. The summed E-state index contributed by atoms with van der Waals surface area (Å²) in [6.45, 7) is 8.40. The molecular weight excluding hydrogens is 310 g/mol. The van der Waals surface area contributed by atoms with E-state index in [4.69, 9.17) is 21.7 Å². The van der Waals surface area contributed by atoms with Gasteiger partial charge in [0.05, 0.1) is 6.61 Å². The van der Waals surface area contributed by atoms with E-state index in [-0.39, 0.29) is 35.2 Å². The molecule has 1 saturated heterocycles. The molecule has 0 aromatic carbocycles. The number of thioether (sulfide) groups is 1. The molecule has 1 aliphatic heterocycles. The van der Waals surface area contributed by atoms with Crippen LogP contribution in [-0.4, -0.2) is 40.8 Å². The van der Waals surface area contributed by atoms with Gasteiger partial charge in [0.2, 0.25) is 10.3 Å². The first-order valence-corrected chi connectivity index (χ1v) is 8.20. The number of carbonyl (C=O) groups excluding carboxylic acids is 2. The van der Waals surface area contributed by atoms with Gasteiger partial charge in [-0.25, -0.2) is 0 Å². The lowest BCUT2D eigenvalue weighted by molar-refractivity contribution is -0.141. The number of hydrogen-bond donors (Lipinski definition) is 1. The largest absolute Gasteiger partial charge is 0.478 e. The standard InChI is InChI=1S/C14H23NO4S2/c1-9(16)18-7-11(5-10-6-12(17)15-10)21-13(20)19-8-14(2,3)4/h10-11H,5-8H2,1-4H3,(H,15,17). The predicted molar refractivity (Wildman–Crippen MR) is 87.2 cm³/mol. The van der Waals surface area contributed by atoms with Crippen molar-refractivity contribution in [1.29, 1.82) is 0 Å². The predicted octanol–water partition coefficient (Wildman–Crippen LogP) is 2.28. The Morgan fingerprint density at radius 2 is 2.10 bits per heavy atom. The minimum Gasteiger partial charge on any atom is -0.478 e. The maximum absolute atomic E-state index is 10.9. The third-order valence-electron chi connectivity index (χ3n) is 2.70. The maximum Gasteiger partial charge on any atom is 0.302 e. The van der Waals surface area contributed by atoms with E-state index in [0.29, 0.717) is 23.8 Å². The monoisotopic (exact) mass is 333 g/mol. The maximum atomic E-state index is 10.9. The van der Waals surface area contributed by atoms with Crippen LogP contribution in [0.1, 0.15) is 40.5 Å². The number of amides is 1. The van der Waals surface area contributed by atoms with Crippen molar-refractivity contribution in [3.63, 3.8) is 0 Å². The highest BCUT2D eigenvalue weighted by atomic mass is 32.2. The van der Waals surface area contributed by atoms with Gasteiger partial charge in [-0.05, 0) is 24.1 Å². The number of carbonyl (C=O) groups is 2. The molecule has 0 spiro atoms. The van der Waals surface area contributed by atoms with Crippen LogP contribution in [0.15, 0.2) is 0 Å². The SMILES string of the molecule is CC(=O)OCC(CC1CC(=O)N1)SC(=S)OCC(C)(C)C. The molecule has 120 valence electrons. The molecule has 5 nitrogen and oxygen atoms in total. The van der Waals surface area contributed by atoms with Crippen LogP contribution in [0.4, 0.5) is 0 Å². The third-order valence-corrected chi connectivity index (χ3v) is 4.08. The van der Waals surface area contributed by atoms with Crippen molar-refractivity contribution in [3.05, 3.63) is 0 Å². The molecule has 7 heteroatoms. The van der Waals surface area contributed by atoms with Crippen molar-refractivity contribution in [2.45, 2.75) is 51.8 Å². The van der Waals surface area contributed by atoms with Crippen LogP contribution >= 0.6 is 24.0 Å². The minimum absolute atomic E-state index is 0.00744. The Morgan fingerprint density at radius 3 is 2.57 bits per heavy atom. The molecule has 1 heterocycles. The van der Waals surface area contributed by atoms with Gasteiger partial charge in [-0.3, -0.25) is 9.59 Å². The van der Waals surface area contributed by atoms with Crippen molar-refractivity contribution >= 4 is 40.2 Å². The van der Waals surface area contributed by atoms with Gasteiger partial charge in [0.1, 0.15) is 6.61 Å². The quantitative estimate of drug-likeness (QED) is 0.457. The summed E-state index contributed by atoms with van der Waals surface area (Å²) in [6, 6.07) is 0.135. The zero-order valence-electron chi connectivity index (χ0n) is 12.9. The van der Waals surface area contributed by atoms with E-state index in [2.05, 4.69) is 26.1 Å². The summed E-state index contributed by atoms with van der Waals surface area (Å²) >= 11 is 6.61. The molecule has 1 amide bonds. The molecule has 0 aromatic heterocycles. The topological polar surface area (TPSA) is 64.6 Å². The lowest BCUT2D eigenvalue weighted by Crippen LogP contribution is -2.50. The molecule has 1 fully saturated rings. The molecule has 2 unspecified atom stereocenters. The van der Waals surface area contributed by atoms with Crippen LogP contribution in [-0.2, 0) is 19.1 Å². The lowest BCUT2D eigenvalue weighted by Gasteiger charge is -2.30.